The van der Waals surface area contributed by atoms with E-state index in [1.54, 1.807) is 18.2 Å². The fourth-order valence-corrected chi connectivity index (χ4v) is 3.77. The minimum atomic E-state index is -0.0220. The van der Waals surface area contributed by atoms with Crippen molar-refractivity contribution >= 4 is 24.2 Å². The van der Waals surface area contributed by atoms with Crippen molar-refractivity contribution in [2.24, 2.45) is 0 Å². The SMILES string of the molecule is CCOc1ccc(C(=O)N2CCCC(N3CCNCC3=O)C2)cc1OCC.Cl. The highest BCUT2D eigenvalue weighted by Gasteiger charge is 2.32. The van der Waals surface area contributed by atoms with Gasteiger partial charge in [0.25, 0.3) is 5.91 Å². The summed E-state index contributed by atoms with van der Waals surface area (Å²) >= 11 is 0. The van der Waals surface area contributed by atoms with Crippen LogP contribution in [0.3, 0.4) is 0 Å². The average molecular weight is 412 g/mol. The third-order valence-electron chi connectivity index (χ3n) is 5.04. The first-order valence-corrected chi connectivity index (χ1v) is 9.83. The lowest BCUT2D eigenvalue weighted by Crippen LogP contribution is -2.57. The van der Waals surface area contributed by atoms with Crippen molar-refractivity contribution in [3.05, 3.63) is 23.8 Å². The van der Waals surface area contributed by atoms with Gasteiger partial charge in [0.15, 0.2) is 11.5 Å². The van der Waals surface area contributed by atoms with Crippen LogP contribution in [0.2, 0.25) is 0 Å². The first-order valence-electron chi connectivity index (χ1n) is 9.83. The summed E-state index contributed by atoms with van der Waals surface area (Å²) in [6.07, 6.45) is 1.85. The zero-order chi connectivity index (χ0) is 19.2. The van der Waals surface area contributed by atoms with Gasteiger partial charge in [0.2, 0.25) is 5.91 Å². The number of halogens is 1. The normalized spacial score (nSPS) is 19.8. The summed E-state index contributed by atoms with van der Waals surface area (Å²) in [6, 6.07) is 5.45. The molecule has 0 bridgehead atoms. The van der Waals surface area contributed by atoms with Crippen molar-refractivity contribution in [1.29, 1.82) is 0 Å². The van der Waals surface area contributed by atoms with Gasteiger partial charge in [0.05, 0.1) is 19.8 Å². The van der Waals surface area contributed by atoms with Crippen LogP contribution in [0.25, 0.3) is 0 Å². The number of carbonyl (C=O) groups excluding carboxylic acids is 2. The third kappa shape index (κ3) is 5.08. The molecule has 0 saturated carbocycles. The molecule has 2 aliphatic rings. The molecule has 0 aliphatic carbocycles. The molecule has 0 spiro atoms. The second-order valence-corrected chi connectivity index (χ2v) is 6.84. The molecule has 7 nitrogen and oxygen atoms in total. The molecule has 2 heterocycles. The Morgan fingerprint density at radius 2 is 1.93 bits per heavy atom. The molecule has 2 saturated heterocycles. The lowest BCUT2D eigenvalue weighted by molar-refractivity contribution is -0.135. The second-order valence-electron chi connectivity index (χ2n) is 6.84. The van der Waals surface area contributed by atoms with E-state index >= 15 is 0 Å². The number of likely N-dealkylation sites (tertiary alicyclic amines) is 1. The molecule has 2 fully saturated rings. The lowest BCUT2D eigenvalue weighted by atomic mass is 10.0. The standard InChI is InChI=1S/C20H29N3O4.ClH/c1-3-26-17-8-7-15(12-18(17)27-4-2)20(25)22-10-5-6-16(14-22)23-11-9-21-13-19(23)24;/h7-8,12,16,21H,3-6,9-11,13-14H2,1-2H3;1H. The van der Waals surface area contributed by atoms with Gasteiger partial charge in [-0.25, -0.2) is 0 Å². The van der Waals surface area contributed by atoms with Crippen LogP contribution in [-0.2, 0) is 4.79 Å². The number of piperidine rings is 1. The molecule has 2 aliphatic heterocycles. The van der Waals surface area contributed by atoms with Gasteiger partial charge in [-0.2, -0.15) is 0 Å². The van der Waals surface area contributed by atoms with Crippen LogP contribution in [0, 0.1) is 0 Å². The van der Waals surface area contributed by atoms with Crippen LogP contribution in [0.4, 0.5) is 0 Å². The number of hydrogen-bond donors (Lipinski definition) is 1. The maximum atomic E-state index is 13.0. The Morgan fingerprint density at radius 1 is 1.18 bits per heavy atom. The third-order valence-corrected chi connectivity index (χ3v) is 5.04. The number of ether oxygens (including phenoxy) is 2. The first kappa shape index (κ1) is 22.3. The van der Waals surface area contributed by atoms with Gasteiger partial charge in [0, 0.05) is 37.8 Å². The number of nitrogens with zero attached hydrogens (tertiary/aromatic N) is 2. The summed E-state index contributed by atoms with van der Waals surface area (Å²) in [5.41, 5.74) is 0.592. The monoisotopic (exact) mass is 411 g/mol. The number of benzene rings is 1. The number of rotatable bonds is 6. The number of piperazine rings is 1. The highest BCUT2D eigenvalue weighted by Crippen LogP contribution is 2.29. The summed E-state index contributed by atoms with van der Waals surface area (Å²) in [7, 11) is 0. The van der Waals surface area contributed by atoms with Crippen LogP contribution >= 0.6 is 12.4 Å². The quantitative estimate of drug-likeness (QED) is 0.774. The van der Waals surface area contributed by atoms with Crippen LogP contribution in [0.15, 0.2) is 18.2 Å². The summed E-state index contributed by atoms with van der Waals surface area (Å²) in [6.45, 7) is 8.09. The van der Waals surface area contributed by atoms with Crippen LogP contribution in [0.1, 0.15) is 37.0 Å². The predicted molar refractivity (Wildman–Crippen MR) is 110 cm³/mol. The molecule has 1 unspecified atom stereocenters. The van der Waals surface area contributed by atoms with Gasteiger partial charge in [-0.05, 0) is 44.9 Å². The van der Waals surface area contributed by atoms with Gasteiger partial charge in [-0.1, -0.05) is 0 Å². The molecule has 1 atom stereocenters. The molecule has 0 radical (unpaired) electrons. The maximum absolute atomic E-state index is 13.0. The summed E-state index contributed by atoms with van der Waals surface area (Å²) in [5.74, 6) is 1.35. The Bertz CT molecular complexity index is 685. The smallest absolute Gasteiger partial charge is 0.254 e. The van der Waals surface area contributed by atoms with Crippen LogP contribution in [-0.4, -0.2) is 73.6 Å². The van der Waals surface area contributed by atoms with E-state index in [2.05, 4.69) is 5.32 Å². The Labute approximate surface area is 172 Å². The fourth-order valence-electron chi connectivity index (χ4n) is 3.77. The molecule has 2 amide bonds. The van der Waals surface area contributed by atoms with Crippen LogP contribution in [0.5, 0.6) is 11.5 Å². The van der Waals surface area contributed by atoms with Crippen molar-refractivity contribution < 1.29 is 19.1 Å². The predicted octanol–water partition coefficient (Wildman–Crippen LogP) is 1.94. The highest BCUT2D eigenvalue weighted by molar-refractivity contribution is 5.95. The topological polar surface area (TPSA) is 71.1 Å². The fraction of sp³-hybridized carbons (Fsp3) is 0.600. The molecule has 3 rings (SSSR count). The van der Waals surface area contributed by atoms with Gasteiger partial charge in [0.1, 0.15) is 0 Å². The Morgan fingerprint density at radius 3 is 2.64 bits per heavy atom. The molecule has 28 heavy (non-hydrogen) atoms. The van der Waals surface area contributed by atoms with E-state index in [0.29, 0.717) is 56.5 Å². The average Bonchev–Trinajstić information content (AvgIpc) is 2.69. The zero-order valence-corrected chi connectivity index (χ0v) is 17.4. The number of nitrogens with one attached hydrogen (secondary N) is 1. The summed E-state index contributed by atoms with van der Waals surface area (Å²) < 4.78 is 11.2. The molecule has 156 valence electrons. The largest absolute Gasteiger partial charge is 0.490 e. The highest BCUT2D eigenvalue weighted by atomic mass is 35.5. The minimum Gasteiger partial charge on any atom is -0.490 e. The van der Waals surface area contributed by atoms with Crippen molar-refractivity contribution in [3.63, 3.8) is 0 Å². The van der Waals surface area contributed by atoms with E-state index < -0.39 is 0 Å². The van der Waals surface area contributed by atoms with E-state index in [0.717, 1.165) is 19.4 Å². The Balaban J connectivity index is 0.00000280. The zero-order valence-electron chi connectivity index (χ0n) is 16.6. The number of carbonyl (C=O) groups is 2. The first-order chi connectivity index (χ1) is 13.1. The number of hydrogen-bond acceptors (Lipinski definition) is 5. The lowest BCUT2D eigenvalue weighted by Gasteiger charge is -2.41. The van der Waals surface area contributed by atoms with Gasteiger partial charge < -0.3 is 24.6 Å². The van der Waals surface area contributed by atoms with Crippen molar-refractivity contribution in [2.45, 2.75) is 32.7 Å². The second kappa shape index (κ2) is 10.5. The molecular formula is C20H30ClN3O4. The summed E-state index contributed by atoms with van der Waals surface area (Å²) in [4.78, 5) is 29.0. The molecule has 0 aromatic heterocycles. The van der Waals surface area contributed by atoms with Crippen LogP contribution < -0.4 is 14.8 Å². The van der Waals surface area contributed by atoms with E-state index in [4.69, 9.17) is 9.47 Å². The van der Waals surface area contributed by atoms with Gasteiger partial charge >= 0.3 is 0 Å². The van der Waals surface area contributed by atoms with E-state index in [1.165, 1.54) is 0 Å². The van der Waals surface area contributed by atoms with Crippen molar-refractivity contribution in [2.75, 3.05) is 45.9 Å². The van der Waals surface area contributed by atoms with Crippen molar-refractivity contribution in [1.82, 2.24) is 15.1 Å². The van der Waals surface area contributed by atoms with Gasteiger partial charge in [-0.3, -0.25) is 9.59 Å². The molecule has 1 aromatic rings. The van der Waals surface area contributed by atoms with Crippen molar-refractivity contribution in [3.8, 4) is 11.5 Å². The van der Waals surface area contributed by atoms with E-state index in [9.17, 15) is 9.59 Å². The molecular weight excluding hydrogens is 382 g/mol. The maximum Gasteiger partial charge on any atom is 0.254 e. The summed E-state index contributed by atoms with van der Waals surface area (Å²) in [5, 5.41) is 3.10. The minimum absolute atomic E-state index is 0. The van der Waals surface area contributed by atoms with E-state index in [1.807, 2.05) is 23.6 Å². The molecule has 1 aromatic carbocycles. The Kier molecular flexibility index (Phi) is 8.38. The molecule has 8 heteroatoms. The Hall–Kier alpha value is -1.99. The molecule has 1 N–H and O–H groups in total. The van der Waals surface area contributed by atoms with Gasteiger partial charge in [-0.15, -0.1) is 12.4 Å². The number of amides is 2. The van der Waals surface area contributed by atoms with E-state index in [-0.39, 0.29) is 30.3 Å².